The molecule has 0 atom stereocenters. The van der Waals surface area contributed by atoms with Crippen molar-refractivity contribution in [3.8, 4) is 5.88 Å². The van der Waals surface area contributed by atoms with Gasteiger partial charge in [0.05, 0.1) is 17.4 Å². The van der Waals surface area contributed by atoms with Crippen molar-refractivity contribution >= 4 is 29.3 Å². The second-order valence-electron chi connectivity index (χ2n) is 4.13. The molecule has 0 aliphatic carbocycles. The third-order valence-electron chi connectivity index (χ3n) is 2.46. The Balaban J connectivity index is 1.92. The van der Waals surface area contributed by atoms with Crippen LogP contribution in [0.2, 0.25) is 0 Å². The molecule has 1 heterocycles. The number of thioether (sulfide) groups is 1. The standard InChI is InChI=1S/C13H11N3O5S/c17-9-5-10(18)16-13(15-9)22-6-11(19)14-8-3-1-7(2-4-8)12(20)21/h1-5H,6H2,(H,14,19)(H,20,21)(H2,15,16,17,18). The molecule has 114 valence electrons. The molecule has 1 aromatic carbocycles. The lowest BCUT2D eigenvalue weighted by Crippen LogP contribution is -2.15. The fourth-order valence-corrected chi connectivity index (χ4v) is 2.19. The fourth-order valence-electron chi connectivity index (χ4n) is 1.52. The van der Waals surface area contributed by atoms with E-state index in [0.717, 1.165) is 17.8 Å². The molecule has 0 spiro atoms. The van der Waals surface area contributed by atoms with E-state index < -0.39 is 17.4 Å². The summed E-state index contributed by atoms with van der Waals surface area (Å²) < 4.78 is 0. The molecular weight excluding hydrogens is 310 g/mol. The lowest BCUT2D eigenvalue weighted by Gasteiger charge is -2.05. The summed E-state index contributed by atoms with van der Waals surface area (Å²) in [6, 6.07) is 6.62. The molecule has 2 aromatic rings. The number of carbonyl (C=O) groups is 2. The third kappa shape index (κ3) is 4.35. The first kappa shape index (κ1) is 15.6. The largest absolute Gasteiger partial charge is 0.493 e. The molecular formula is C13H11N3O5S. The van der Waals surface area contributed by atoms with Crippen LogP contribution in [-0.4, -0.2) is 37.8 Å². The monoisotopic (exact) mass is 321 g/mol. The minimum absolute atomic E-state index is 0.0346. The fraction of sp³-hybridized carbons (Fsp3) is 0.0769. The molecule has 0 radical (unpaired) electrons. The van der Waals surface area contributed by atoms with Gasteiger partial charge >= 0.3 is 5.97 Å². The van der Waals surface area contributed by atoms with Crippen LogP contribution in [0.15, 0.2) is 40.3 Å². The van der Waals surface area contributed by atoms with Crippen LogP contribution in [0, 0.1) is 0 Å². The SMILES string of the molecule is O=C(CSc1nc(O)cc(=O)[nH]1)Nc1ccc(C(=O)O)cc1. The molecule has 4 N–H and O–H groups in total. The number of anilines is 1. The molecule has 0 saturated carbocycles. The van der Waals surface area contributed by atoms with E-state index in [9.17, 15) is 19.5 Å². The highest BCUT2D eigenvalue weighted by Crippen LogP contribution is 2.15. The molecule has 22 heavy (non-hydrogen) atoms. The summed E-state index contributed by atoms with van der Waals surface area (Å²) in [6.45, 7) is 0. The number of hydrogen-bond donors (Lipinski definition) is 4. The van der Waals surface area contributed by atoms with E-state index in [2.05, 4.69) is 15.3 Å². The zero-order chi connectivity index (χ0) is 16.1. The van der Waals surface area contributed by atoms with E-state index in [4.69, 9.17) is 5.11 Å². The minimum atomic E-state index is -1.05. The number of hydrogen-bond acceptors (Lipinski definition) is 6. The zero-order valence-corrected chi connectivity index (χ0v) is 11.9. The first-order chi connectivity index (χ1) is 10.4. The van der Waals surface area contributed by atoms with Crippen LogP contribution in [0.4, 0.5) is 5.69 Å². The lowest BCUT2D eigenvalue weighted by atomic mass is 10.2. The number of H-pyrrole nitrogens is 1. The van der Waals surface area contributed by atoms with Gasteiger partial charge < -0.3 is 20.5 Å². The summed E-state index contributed by atoms with van der Waals surface area (Å²) in [7, 11) is 0. The Bertz CT molecular complexity index is 757. The van der Waals surface area contributed by atoms with Gasteiger partial charge in [0.25, 0.3) is 5.56 Å². The molecule has 9 heteroatoms. The van der Waals surface area contributed by atoms with Crippen LogP contribution >= 0.6 is 11.8 Å². The maximum Gasteiger partial charge on any atom is 0.335 e. The highest BCUT2D eigenvalue weighted by molar-refractivity contribution is 7.99. The Kier molecular flexibility index (Phi) is 4.79. The van der Waals surface area contributed by atoms with Crippen molar-refractivity contribution in [1.82, 2.24) is 9.97 Å². The summed E-state index contributed by atoms with van der Waals surface area (Å²) in [4.78, 5) is 39.6. The van der Waals surface area contributed by atoms with Crippen LogP contribution in [0.3, 0.4) is 0 Å². The summed E-state index contributed by atoms with van der Waals surface area (Å²) in [6.07, 6.45) is 0. The number of nitrogens with zero attached hydrogens (tertiary/aromatic N) is 1. The van der Waals surface area contributed by atoms with Gasteiger partial charge in [-0.3, -0.25) is 9.59 Å². The minimum Gasteiger partial charge on any atom is -0.493 e. The molecule has 0 aliphatic heterocycles. The number of nitrogens with one attached hydrogen (secondary N) is 2. The van der Waals surface area contributed by atoms with Gasteiger partial charge in [-0.05, 0) is 24.3 Å². The van der Waals surface area contributed by atoms with E-state index in [1.165, 1.54) is 24.3 Å². The molecule has 1 aromatic heterocycles. The third-order valence-corrected chi connectivity index (χ3v) is 3.34. The van der Waals surface area contributed by atoms with Gasteiger partial charge in [0.2, 0.25) is 11.8 Å². The molecule has 0 saturated heterocycles. The van der Waals surface area contributed by atoms with Crippen molar-refractivity contribution in [3.63, 3.8) is 0 Å². The van der Waals surface area contributed by atoms with Crippen molar-refractivity contribution in [1.29, 1.82) is 0 Å². The zero-order valence-electron chi connectivity index (χ0n) is 11.1. The molecule has 0 unspecified atom stereocenters. The van der Waals surface area contributed by atoms with Crippen molar-refractivity contribution < 1.29 is 19.8 Å². The van der Waals surface area contributed by atoms with Crippen LogP contribution in [0.25, 0.3) is 0 Å². The maximum absolute atomic E-state index is 11.7. The number of rotatable bonds is 5. The van der Waals surface area contributed by atoms with Crippen molar-refractivity contribution in [3.05, 3.63) is 46.2 Å². The second-order valence-corrected chi connectivity index (χ2v) is 5.09. The molecule has 0 fully saturated rings. The molecule has 0 bridgehead atoms. The predicted molar refractivity (Wildman–Crippen MR) is 79.3 cm³/mol. The van der Waals surface area contributed by atoms with E-state index in [-0.39, 0.29) is 22.4 Å². The van der Waals surface area contributed by atoms with Crippen molar-refractivity contribution in [2.24, 2.45) is 0 Å². The Labute approximate surface area is 128 Å². The highest BCUT2D eigenvalue weighted by atomic mass is 32.2. The highest BCUT2D eigenvalue weighted by Gasteiger charge is 2.07. The number of benzene rings is 1. The quantitative estimate of drug-likeness (QED) is 0.475. The van der Waals surface area contributed by atoms with E-state index in [1.807, 2.05) is 0 Å². The summed E-state index contributed by atoms with van der Waals surface area (Å²) in [5.74, 6) is -1.87. The van der Waals surface area contributed by atoms with Crippen LogP contribution in [0.1, 0.15) is 10.4 Å². The van der Waals surface area contributed by atoms with E-state index >= 15 is 0 Å². The van der Waals surface area contributed by atoms with Gasteiger partial charge in [0.15, 0.2) is 5.16 Å². The Hall–Kier alpha value is -2.81. The first-order valence-corrected chi connectivity index (χ1v) is 6.99. The molecule has 1 amide bonds. The van der Waals surface area contributed by atoms with Crippen LogP contribution in [-0.2, 0) is 4.79 Å². The first-order valence-electron chi connectivity index (χ1n) is 6.00. The molecule has 8 nitrogen and oxygen atoms in total. The number of aromatic nitrogens is 2. The van der Waals surface area contributed by atoms with Gasteiger partial charge in [-0.25, -0.2) is 4.79 Å². The number of aromatic amines is 1. The van der Waals surface area contributed by atoms with Gasteiger partial charge in [0, 0.05) is 5.69 Å². The predicted octanol–water partition coefficient (Wildman–Crippen LogP) is 0.904. The van der Waals surface area contributed by atoms with Crippen LogP contribution in [0.5, 0.6) is 5.88 Å². The number of carbonyl (C=O) groups excluding carboxylic acids is 1. The lowest BCUT2D eigenvalue weighted by molar-refractivity contribution is -0.113. The second kappa shape index (κ2) is 6.76. The van der Waals surface area contributed by atoms with Crippen molar-refractivity contribution in [2.75, 3.05) is 11.1 Å². The Morgan fingerprint density at radius 2 is 1.95 bits per heavy atom. The van der Waals surface area contributed by atoms with Gasteiger partial charge in [-0.1, -0.05) is 11.8 Å². The number of carboxylic acid groups (broad SMARTS) is 1. The van der Waals surface area contributed by atoms with Gasteiger partial charge in [0.1, 0.15) is 0 Å². The molecule has 0 aliphatic rings. The average molecular weight is 321 g/mol. The summed E-state index contributed by atoms with van der Waals surface area (Å²) >= 11 is 0.951. The number of aromatic carboxylic acids is 1. The topological polar surface area (TPSA) is 132 Å². The number of aromatic hydroxyl groups is 1. The number of carboxylic acids is 1. The van der Waals surface area contributed by atoms with Gasteiger partial charge in [-0.15, -0.1) is 0 Å². The Morgan fingerprint density at radius 3 is 2.55 bits per heavy atom. The van der Waals surface area contributed by atoms with Gasteiger partial charge in [-0.2, -0.15) is 4.98 Å². The maximum atomic E-state index is 11.7. The van der Waals surface area contributed by atoms with Crippen LogP contribution < -0.4 is 10.9 Å². The average Bonchev–Trinajstić information content (AvgIpc) is 2.45. The number of amides is 1. The van der Waals surface area contributed by atoms with E-state index in [1.54, 1.807) is 0 Å². The normalized spacial score (nSPS) is 10.2. The smallest absolute Gasteiger partial charge is 0.335 e. The van der Waals surface area contributed by atoms with E-state index in [0.29, 0.717) is 5.69 Å². The summed E-state index contributed by atoms with van der Waals surface area (Å²) in [5.41, 5.74) is 0.0570. The van der Waals surface area contributed by atoms with Crippen molar-refractivity contribution in [2.45, 2.75) is 5.16 Å². The summed E-state index contributed by atoms with van der Waals surface area (Å²) in [5, 5.41) is 20.6. The molecule has 2 rings (SSSR count). The Morgan fingerprint density at radius 1 is 1.27 bits per heavy atom.